The van der Waals surface area contributed by atoms with Gasteiger partial charge in [0.15, 0.2) is 5.78 Å². The van der Waals surface area contributed by atoms with E-state index in [1.165, 1.54) is 0 Å². The van der Waals surface area contributed by atoms with Gasteiger partial charge in [-0.3, -0.25) is 9.69 Å². The van der Waals surface area contributed by atoms with E-state index in [9.17, 15) is 9.59 Å². The fourth-order valence-electron chi connectivity index (χ4n) is 2.74. The highest BCUT2D eigenvalue weighted by molar-refractivity contribution is 8.00. The van der Waals surface area contributed by atoms with Crippen LogP contribution < -0.4 is 0 Å². The molecular weight excluding hydrogens is 322 g/mol. The molecule has 0 aromatic heterocycles. The van der Waals surface area contributed by atoms with Crippen LogP contribution in [-0.4, -0.2) is 54.1 Å². The van der Waals surface area contributed by atoms with Gasteiger partial charge in [0, 0.05) is 34.7 Å². The van der Waals surface area contributed by atoms with E-state index in [1.807, 2.05) is 52.0 Å². The summed E-state index contributed by atoms with van der Waals surface area (Å²) in [5.41, 5.74) is 0.199. The SMILES string of the molecule is CC(C=O)C(C)Sc1ccc(C(=O)C(C)(C)N2CCOCC2)cc1. The number of benzene rings is 1. The summed E-state index contributed by atoms with van der Waals surface area (Å²) in [6, 6.07) is 7.74. The third kappa shape index (κ3) is 4.47. The Morgan fingerprint density at radius 1 is 1.21 bits per heavy atom. The predicted octanol–water partition coefficient (Wildman–Crippen LogP) is 3.30. The number of carbonyl (C=O) groups is 2. The van der Waals surface area contributed by atoms with Crippen LogP contribution in [0.25, 0.3) is 0 Å². The lowest BCUT2D eigenvalue weighted by molar-refractivity contribution is -0.110. The molecule has 132 valence electrons. The minimum atomic E-state index is -0.530. The summed E-state index contributed by atoms with van der Waals surface area (Å²) < 4.78 is 5.38. The summed E-state index contributed by atoms with van der Waals surface area (Å²) in [7, 11) is 0. The zero-order chi connectivity index (χ0) is 17.7. The lowest BCUT2D eigenvalue weighted by Gasteiger charge is -2.39. The first-order valence-electron chi connectivity index (χ1n) is 8.46. The molecule has 1 aliphatic rings. The monoisotopic (exact) mass is 349 g/mol. The molecule has 1 heterocycles. The second kappa shape index (κ2) is 8.28. The van der Waals surface area contributed by atoms with Crippen molar-refractivity contribution in [1.29, 1.82) is 0 Å². The van der Waals surface area contributed by atoms with E-state index in [1.54, 1.807) is 11.8 Å². The Labute approximate surface area is 148 Å². The Morgan fingerprint density at radius 2 is 1.79 bits per heavy atom. The predicted molar refractivity (Wildman–Crippen MR) is 97.8 cm³/mol. The molecule has 2 rings (SSSR count). The molecule has 0 aliphatic carbocycles. The van der Waals surface area contributed by atoms with Gasteiger partial charge in [0.25, 0.3) is 0 Å². The average Bonchev–Trinajstić information content (AvgIpc) is 2.61. The van der Waals surface area contributed by atoms with Crippen LogP contribution in [0.15, 0.2) is 29.2 Å². The van der Waals surface area contributed by atoms with Crippen LogP contribution in [0.5, 0.6) is 0 Å². The number of ketones is 1. The van der Waals surface area contributed by atoms with Gasteiger partial charge in [0.05, 0.1) is 18.8 Å². The molecule has 0 saturated carbocycles. The van der Waals surface area contributed by atoms with Crippen LogP contribution in [-0.2, 0) is 9.53 Å². The van der Waals surface area contributed by atoms with E-state index >= 15 is 0 Å². The van der Waals surface area contributed by atoms with Gasteiger partial charge >= 0.3 is 0 Å². The molecule has 4 nitrogen and oxygen atoms in total. The standard InChI is InChI=1S/C19H27NO3S/c1-14(13-21)15(2)24-17-7-5-16(6-8-17)18(22)19(3,4)20-9-11-23-12-10-20/h5-8,13-15H,9-12H2,1-4H3. The number of hydrogen-bond acceptors (Lipinski definition) is 5. The van der Waals surface area contributed by atoms with E-state index in [0.717, 1.165) is 29.8 Å². The lowest BCUT2D eigenvalue weighted by atomic mass is 9.91. The van der Waals surface area contributed by atoms with Crippen LogP contribution in [0.2, 0.25) is 0 Å². The van der Waals surface area contributed by atoms with Crippen LogP contribution in [0.3, 0.4) is 0 Å². The maximum absolute atomic E-state index is 12.9. The second-order valence-corrected chi connectivity index (χ2v) is 8.28. The Hall–Kier alpha value is -1.17. The number of thioether (sulfide) groups is 1. The van der Waals surface area contributed by atoms with Crippen molar-refractivity contribution in [2.24, 2.45) is 5.92 Å². The smallest absolute Gasteiger partial charge is 0.182 e. The molecule has 1 saturated heterocycles. The number of rotatable bonds is 7. The maximum Gasteiger partial charge on any atom is 0.182 e. The molecule has 0 spiro atoms. The van der Waals surface area contributed by atoms with Crippen LogP contribution in [0, 0.1) is 5.92 Å². The fraction of sp³-hybridized carbons (Fsp3) is 0.579. The van der Waals surface area contributed by atoms with Crippen molar-refractivity contribution < 1.29 is 14.3 Å². The van der Waals surface area contributed by atoms with E-state index in [-0.39, 0.29) is 17.0 Å². The molecule has 2 unspecified atom stereocenters. The minimum absolute atomic E-state index is 0.0107. The zero-order valence-corrected chi connectivity index (χ0v) is 15.8. The van der Waals surface area contributed by atoms with Crippen molar-refractivity contribution in [3.05, 3.63) is 29.8 Å². The van der Waals surface area contributed by atoms with Crippen molar-refractivity contribution in [2.75, 3.05) is 26.3 Å². The molecule has 0 N–H and O–H groups in total. The number of ether oxygens (including phenoxy) is 1. The molecule has 1 fully saturated rings. The zero-order valence-electron chi connectivity index (χ0n) is 15.0. The van der Waals surface area contributed by atoms with E-state index < -0.39 is 5.54 Å². The van der Waals surface area contributed by atoms with E-state index in [2.05, 4.69) is 4.90 Å². The Bertz CT molecular complexity index is 564. The average molecular weight is 349 g/mol. The summed E-state index contributed by atoms with van der Waals surface area (Å²) in [6.07, 6.45) is 0.987. The third-order valence-corrected chi connectivity index (χ3v) is 6.10. The van der Waals surface area contributed by atoms with Crippen LogP contribution >= 0.6 is 11.8 Å². The number of hydrogen-bond donors (Lipinski definition) is 0. The van der Waals surface area contributed by atoms with Crippen molar-refractivity contribution in [2.45, 2.75) is 43.4 Å². The quantitative estimate of drug-likeness (QED) is 0.429. The van der Waals surface area contributed by atoms with Crippen molar-refractivity contribution >= 4 is 23.8 Å². The maximum atomic E-state index is 12.9. The molecule has 0 amide bonds. The van der Waals surface area contributed by atoms with Gasteiger partial charge in [-0.1, -0.05) is 26.0 Å². The van der Waals surface area contributed by atoms with Gasteiger partial charge in [-0.05, 0) is 26.0 Å². The number of aldehydes is 1. The molecule has 1 aromatic carbocycles. The number of morpholine rings is 1. The largest absolute Gasteiger partial charge is 0.379 e. The lowest BCUT2D eigenvalue weighted by Crippen LogP contribution is -2.54. The van der Waals surface area contributed by atoms with Gasteiger partial charge in [0.1, 0.15) is 6.29 Å². The van der Waals surface area contributed by atoms with Crippen LogP contribution in [0.1, 0.15) is 38.1 Å². The highest BCUT2D eigenvalue weighted by Gasteiger charge is 2.35. The Balaban J connectivity index is 2.06. The molecular formula is C19H27NO3S. The summed E-state index contributed by atoms with van der Waals surface area (Å²) in [4.78, 5) is 27.1. The Morgan fingerprint density at radius 3 is 2.33 bits per heavy atom. The van der Waals surface area contributed by atoms with E-state index in [0.29, 0.717) is 13.2 Å². The summed E-state index contributed by atoms with van der Waals surface area (Å²) in [6.45, 7) is 10.9. The van der Waals surface area contributed by atoms with Gasteiger partial charge < -0.3 is 9.53 Å². The van der Waals surface area contributed by atoms with Crippen molar-refractivity contribution in [3.8, 4) is 0 Å². The number of Topliss-reactive ketones (excluding diaryl/α,β-unsaturated/α-hetero) is 1. The number of nitrogens with zero attached hydrogens (tertiary/aromatic N) is 1. The normalized spacial score (nSPS) is 18.8. The molecule has 5 heteroatoms. The van der Waals surface area contributed by atoms with Gasteiger partial charge in [-0.15, -0.1) is 11.8 Å². The van der Waals surface area contributed by atoms with Crippen molar-refractivity contribution in [1.82, 2.24) is 4.90 Å². The third-order valence-electron chi connectivity index (χ3n) is 4.75. The van der Waals surface area contributed by atoms with Gasteiger partial charge in [-0.2, -0.15) is 0 Å². The second-order valence-electron chi connectivity index (χ2n) is 6.83. The molecule has 1 aliphatic heterocycles. The highest BCUT2D eigenvalue weighted by atomic mass is 32.2. The summed E-state index contributed by atoms with van der Waals surface area (Å²) >= 11 is 1.66. The van der Waals surface area contributed by atoms with E-state index in [4.69, 9.17) is 4.74 Å². The summed E-state index contributed by atoms with van der Waals surface area (Å²) in [5, 5.41) is 0.217. The topological polar surface area (TPSA) is 46.6 Å². The minimum Gasteiger partial charge on any atom is -0.379 e. The van der Waals surface area contributed by atoms with Crippen molar-refractivity contribution in [3.63, 3.8) is 0 Å². The molecule has 1 aromatic rings. The first kappa shape index (κ1) is 19.2. The fourth-order valence-corrected chi connectivity index (χ4v) is 3.74. The van der Waals surface area contributed by atoms with Gasteiger partial charge in [0.2, 0.25) is 0 Å². The molecule has 0 bridgehead atoms. The molecule has 0 radical (unpaired) electrons. The highest BCUT2D eigenvalue weighted by Crippen LogP contribution is 2.28. The first-order chi connectivity index (χ1) is 11.4. The van der Waals surface area contributed by atoms with Crippen LogP contribution in [0.4, 0.5) is 0 Å². The molecule has 24 heavy (non-hydrogen) atoms. The number of carbonyl (C=O) groups excluding carboxylic acids is 2. The molecule has 2 atom stereocenters. The van der Waals surface area contributed by atoms with Gasteiger partial charge in [-0.25, -0.2) is 0 Å². The first-order valence-corrected chi connectivity index (χ1v) is 9.34. The summed E-state index contributed by atoms with van der Waals surface area (Å²) in [5.74, 6) is 0.145. The Kier molecular flexibility index (Phi) is 6.61.